The molecule has 2 aliphatic rings. The Kier molecular flexibility index (Phi) is 7.35. The van der Waals surface area contributed by atoms with Crippen LogP contribution in [0.4, 0.5) is 0 Å². The van der Waals surface area contributed by atoms with Gasteiger partial charge < -0.3 is 15.6 Å². The second-order valence-corrected chi connectivity index (χ2v) is 8.89. The van der Waals surface area contributed by atoms with E-state index in [1.165, 1.54) is 12.0 Å². The van der Waals surface area contributed by atoms with Crippen molar-refractivity contribution >= 4 is 11.8 Å². The van der Waals surface area contributed by atoms with Crippen LogP contribution in [0.3, 0.4) is 0 Å². The molecule has 2 aromatic rings. The topological polar surface area (TPSA) is 90.1 Å². The maximum Gasteiger partial charge on any atom is 0.243 e. The van der Waals surface area contributed by atoms with E-state index in [2.05, 4.69) is 49.8 Å². The van der Waals surface area contributed by atoms with Gasteiger partial charge in [-0.05, 0) is 24.8 Å². The fourth-order valence-corrected chi connectivity index (χ4v) is 4.72. The zero-order valence-electron chi connectivity index (χ0n) is 18.1. The molecule has 1 aromatic heterocycles. The van der Waals surface area contributed by atoms with E-state index < -0.39 is 6.04 Å². The highest BCUT2D eigenvalue weighted by atomic mass is 16.2. The molecule has 1 aliphatic heterocycles. The van der Waals surface area contributed by atoms with Crippen LogP contribution in [0.1, 0.15) is 49.8 Å². The first-order valence-corrected chi connectivity index (χ1v) is 11.5. The van der Waals surface area contributed by atoms with Gasteiger partial charge in [0.1, 0.15) is 6.04 Å². The number of H-pyrrole nitrogens is 1. The molecule has 7 heteroatoms. The van der Waals surface area contributed by atoms with Crippen LogP contribution in [0.15, 0.2) is 42.9 Å². The number of nitrogens with one attached hydrogen (secondary N) is 3. The molecule has 2 fully saturated rings. The van der Waals surface area contributed by atoms with E-state index >= 15 is 0 Å². The summed E-state index contributed by atoms with van der Waals surface area (Å²) < 4.78 is 0. The molecule has 1 saturated heterocycles. The van der Waals surface area contributed by atoms with Crippen molar-refractivity contribution in [3.63, 3.8) is 0 Å². The molecular formula is C24H33N5O2. The third-order valence-electron chi connectivity index (χ3n) is 6.46. The number of carbonyl (C=O) groups is 2. The summed E-state index contributed by atoms with van der Waals surface area (Å²) in [6.07, 6.45) is 9.88. The van der Waals surface area contributed by atoms with Gasteiger partial charge in [0.05, 0.1) is 6.33 Å². The Labute approximate surface area is 184 Å². The maximum atomic E-state index is 13.1. The van der Waals surface area contributed by atoms with Gasteiger partial charge in [0.25, 0.3) is 0 Å². The average Bonchev–Trinajstić information content (AvgIpc) is 3.47. The number of likely N-dealkylation sites (tertiary alicyclic amines) is 1. The molecule has 1 aliphatic carbocycles. The number of aromatic nitrogens is 2. The van der Waals surface area contributed by atoms with Gasteiger partial charge in [-0.25, -0.2) is 4.98 Å². The van der Waals surface area contributed by atoms with Crippen LogP contribution in [0.5, 0.6) is 0 Å². The zero-order chi connectivity index (χ0) is 21.5. The molecule has 1 aromatic carbocycles. The average molecular weight is 424 g/mol. The number of imidazole rings is 1. The highest BCUT2D eigenvalue weighted by Crippen LogP contribution is 2.24. The molecule has 166 valence electrons. The van der Waals surface area contributed by atoms with Crippen molar-refractivity contribution in [1.82, 2.24) is 25.5 Å². The van der Waals surface area contributed by atoms with Crippen molar-refractivity contribution < 1.29 is 9.59 Å². The number of rotatable bonds is 8. The van der Waals surface area contributed by atoms with Crippen molar-refractivity contribution in [2.75, 3.05) is 13.1 Å². The molecule has 31 heavy (non-hydrogen) atoms. The number of nitrogens with zero attached hydrogens (tertiary/aromatic N) is 2. The monoisotopic (exact) mass is 423 g/mol. The molecule has 2 amide bonds. The van der Waals surface area contributed by atoms with Crippen molar-refractivity contribution in [3.05, 3.63) is 54.1 Å². The lowest BCUT2D eigenvalue weighted by atomic mass is 9.88. The summed E-state index contributed by atoms with van der Waals surface area (Å²) in [5, 5.41) is 6.22. The zero-order valence-corrected chi connectivity index (χ0v) is 18.1. The van der Waals surface area contributed by atoms with Crippen LogP contribution in [0.2, 0.25) is 0 Å². The Morgan fingerprint density at radius 2 is 1.94 bits per heavy atom. The van der Waals surface area contributed by atoms with Crippen LogP contribution in [-0.4, -0.2) is 51.9 Å². The summed E-state index contributed by atoms with van der Waals surface area (Å²) in [6.45, 7) is 2.68. The van der Waals surface area contributed by atoms with E-state index in [0.29, 0.717) is 6.42 Å². The molecule has 0 bridgehead atoms. The SMILES string of the molecule is O=C(N[C@H](Cc1cnc[nH]1)C(=O)N[C@@H]1CCN(Cc2ccccc2)C1)C1CCCCC1. The normalized spacial score (nSPS) is 21.0. The lowest BCUT2D eigenvalue weighted by Gasteiger charge is -2.25. The Morgan fingerprint density at radius 1 is 1.13 bits per heavy atom. The fraction of sp³-hybridized carbons (Fsp3) is 0.542. The van der Waals surface area contributed by atoms with E-state index in [9.17, 15) is 9.59 Å². The largest absolute Gasteiger partial charge is 0.350 e. The highest BCUT2D eigenvalue weighted by Gasteiger charge is 2.30. The van der Waals surface area contributed by atoms with Gasteiger partial charge in [0, 0.05) is 49.9 Å². The molecule has 0 unspecified atom stereocenters. The summed E-state index contributed by atoms with van der Waals surface area (Å²) >= 11 is 0. The van der Waals surface area contributed by atoms with Gasteiger partial charge in [-0.2, -0.15) is 0 Å². The third-order valence-corrected chi connectivity index (χ3v) is 6.46. The molecule has 4 rings (SSSR count). The first kappa shape index (κ1) is 21.6. The molecule has 2 heterocycles. The first-order chi connectivity index (χ1) is 15.2. The quantitative estimate of drug-likeness (QED) is 0.608. The number of aromatic amines is 1. The summed E-state index contributed by atoms with van der Waals surface area (Å²) in [5.74, 6) is -0.0690. The van der Waals surface area contributed by atoms with E-state index in [4.69, 9.17) is 0 Å². The fourth-order valence-electron chi connectivity index (χ4n) is 4.72. The number of benzene rings is 1. The third kappa shape index (κ3) is 6.17. The number of carbonyl (C=O) groups excluding carboxylic acids is 2. The van der Waals surface area contributed by atoms with Crippen molar-refractivity contribution in [2.45, 2.75) is 63.6 Å². The van der Waals surface area contributed by atoms with Crippen LogP contribution in [-0.2, 0) is 22.6 Å². The minimum atomic E-state index is -0.585. The standard InChI is InChI=1S/C24H33N5O2/c30-23(19-9-5-2-6-10-19)28-22(13-21-14-25-17-26-21)24(31)27-20-11-12-29(16-20)15-18-7-3-1-4-8-18/h1,3-4,7-8,14,17,19-20,22H,2,5-6,9-13,15-16H2,(H,25,26)(H,27,31)(H,28,30)/t20-,22-/m1/s1. The Hall–Kier alpha value is -2.67. The molecule has 0 spiro atoms. The van der Waals surface area contributed by atoms with Gasteiger partial charge in [0.15, 0.2) is 0 Å². The summed E-state index contributed by atoms with van der Waals surface area (Å²) in [7, 11) is 0. The van der Waals surface area contributed by atoms with Crippen molar-refractivity contribution in [2.24, 2.45) is 5.92 Å². The molecule has 7 nitrogen and oxygen atoms in total. The second kappa shape index (κ2) is 10.6. The minimum Gasteiger partial charge on any atom is -0.350 e. The Bertz CT molecular complexity index is 833. The minimum absolute atomic E-state index is 0.0106. The predicted octanol–water partition coefficient (Wildman–Crippen LogP) is 2.41. The van der Waals surface area contributed by atoms with Gasteiger partial charge in [-0.15, -0.1) is 0 Å². The van der Waals surface area contributed by atoms with E-state index in [0.717, 1.165) is 57.4 Å². The lowest BCUT2D eigenvalue weighted by Crippen LogP contribution is -2.52. The Morgan fingerprint density at radius 3 is 2.68 bits per heavy atom. The van der Waals surface area contributed by atoms with E-state index in [1.807, 2.05) is 6.07 Å². The van der Waals surface area contributed by atoms with Crippen LogP contribution in [0.25, 0.3) is 0 Å². The van der Waals surface area contributed by atoms with Crippen LogP contribution >= 0.6 is 0 Å². The van der Waals surface area contributed by atoms with Gasteiger partial charge >= 0.3 is 0 Å². The number of hydrogen-bond donors (Lipinski definition) is 3. The molecule has 1 saturated carbocycles. The molecule has 3 N–H and O–H groups in total. The molecule has 2 atom stereocenters. The second-order valence-electron chi connectivity index (χ2n) is 8.89. The first-order valence-electron chi connectivity index (χ1n) is 11.5. The maximum absolute atomic E-state index is 13.1. The van der Waals surface area contributed by atoms with Crippen LogP contribution < -0.4 is 10.6 Å². The summed E-state index contributed by atoms with van der Waals surface area (Å²) in [4.78, 5) is 35.4. The van der Waals surface area contributed by atoms with Gasteiger partial charge in [-0.3, -0.25) is 14.5 Å². The van der Waals surface area contributed by atoms with Crippen molar-refractivity contribution in [3.8, 4) is 0 Å². The number of amides is 2. The summed E-state index contributed by atoms with van der Waals surface area (Å²) in [5.41, 5.74) is 2.13. The molecule has 0 radical (unpaired) electrons. The number of hydrogen-bond acceptors (Lipinski definition) is 4. The lowest BCUT2D eigenvalue weighted by molar-refractivity contribution is -0.132. The molecular weight excluding hydrogens is 390 g/mol. The van der Waals surface area contributed by atoms with Crippen LogP contribution in [0, 0.1) is 5.92 Å². The smallest absolute Gasteiger partial charge is 0.243 e. The van der Waals surface area contributed by atoms with E-state index in [1.54, 1.807) is 12.5 Å². The predicted molar refractivity (Wildman–Crippen MR) is 119 cm³/mol. The highest BCUT2D eigenvalue weighted by molar-refractivity contribution is 5.88. The van der Waals surface area contributed by atoms with E-state index in [-0.39, 0.29) is 23.8 Å². The van der Waals surface area contributed by atoms with Gasteiger partial charge in [-0.1, -0.05) is 49.6 Å². The van der Waals surface area contributed by atoms with Crippen molar-refractivity contribution in [1.29, 1.82) is 0 Å². The van der Waals surface area contributed by atoms with Gasteiger partial charge in [0.2, 0.25) is 11.8 Å². The Balaban J connectivity index is 1.33. The summed E-state index contributed by atoms with van der Waals surface area (Å²) in [6, 6.07) is 9.92.